The molecule has 0 amide bonds. The number of hydrogen-bond donors (Lipinski definition) is 0. The Labute approximate surface area is 108 Å². The molecule has 0 radical (unpaired) electrons. The Kier molecular flexibility index (Phi) is 6.74. The van der Waals surface area contributed by atoms with Gasteiger partial charge in [0.25, 0.3) is 0 Å². The Bertz CT molecular complexity index is 302. The summed E-state index contributed by atoms with van der Waals surface area (Å²) >= 11 is 7.98. The second kappa shape index (κ2) is 7.86. The third-order valence-corrected chi connectivity index (χ3v) is 3.59. The lowest BCUT2D eigenvalue weighted by Gasteiger charge is -2.08. The normalized spacial score (nSPS) is 10.8. The number of hydrogen-bond acceptors (Lipinski definition) is 2. The summed E-state index contributed by atoms with van der Waals surface area (Å²) < 4.78 is 5.60. The van der Waals surface area contributed by atoms with Gasteiger partial charge in [0.2, 0.25) is 0 Å². The van der Waals surface area contributed by atoms with Crippen molar-refractivity contribution in [2.45, 2.75) is 31.9 Å². The molecule has 0 aliphatic heterocycles. The summed E-state index contributed by atoms with van der Waals surface area (Å²) in [5.74, 6) is 2.00. The predicted molar refractivity (Wildman–Crippen MR) is 73.8 cm³/mol. The van der Waals surface area contributed by atoms with Crippen molar-refractivity contribution in [1.82, 2.24) is 0 Å². The molecule has 0 aliphatic rings. The Balaban J connectivity index is 2.10. The smallest absolute Gasteiger partial charge is 0.137 e. The summed E-state index contributed by atoms with van der Waals surface area (Å²) in [5.41, 5.74) is 0. The van der Waals surface area contributed by atoms with E-state index in [4.69, 9.17) is 16.3 Å². The molecular weight excluding hydrogens is 240 g/mol. The molecule has 0 aliphatic carbocycles. The molecule has 0 saturated heterocycles. The van der Waals surface area contributed by atoms with Crippen LogP contribution in [0.25, 0.3) is 0 Å². The van der Waals surface area contributed by atoms with Crippen LogP contribution in [0.2, 0.25) is 5.02 Å². The molecule has 16 heavy (non-hydrogen) atoms. The van der Waals surface area contributed by atoms with Crippen molar-refractivity contribution in [3.63, 3.8) is 0 Å². The summed E-state index contributed by atoms with van der Waals surface area (Å²) in [5, 5.41) is 1.42. The summed E-state index contributed by atoms with van der Waals surface area (Å²) in [7, 11) is 0. The van der Waals surface area contributed by atoms with Gasteiger partial charge in [-0.3, -0.25) is 0 Å². The number of halogens is 1. The van der Waals surface area contributed by atoms with Crippen molar-refractivity contribution in [1.29, 1.82) is 0 Å². The Morgan fingerprint density at radius 1 is 1.25 bits per heavy atom. The number of unbranched alkanes of at least 4 members (excludes halogenated alkanes) is 1. The molecule has 1 aromatic rings. The zero-order chi connectivity index (χ0) is 11.8. The first-order valence-electron chi connectivity index (χ1n) is 5.69. The van der Waals surface area contributed by atoms with Crippen LogP contribution in [0, 0.1) is 0 Å². The van der Waals surface area contributed by atoms with E-state index in [2.05, 4.69) is 13.8 Å². The van der Waals surface area contributed by atoms with E-state index in [1.165, 1.54) is 12.2 Å². The van der Waals surface area contributed by atoms with Gasteiger partial charge in [-0.1, -0.05) is 37.6 Å². The molecule has 0 heterocycles. The zero-order valence-corrected chi connectivity index (χ0v) is 11.5. The first-order chi connectivity index (χ1) is 7.70. The highest BCUT2D eigenvalue weighted by atomic mass is 35.5. The van der Waals surface area contributed by atoms with Crippen LogP contribution in [0.3, 0.4) is 0 Å². The van der Waals surface area contributed by atoms with Crippen molar-refractivity contribution in [3.8, 4) is 5.75 Å². The molecule has 0 aromatic heterocycles. The second-order valence-electron chi connectivity index (χ2n) is 3.91. The van der Waals surface area contributed by atoms with Crippen LogP contribution in [0.5, 0.6) is 5.75 Å². The highest BCUT2D eigenvalue weighted by Crippen LogP contribution is 2.23. The molecule has 1 nitrogen and oxygen atoms in total. The SMILES string of the molecule is CC(C)SCCCCOc1ccccc1Cl. The fourth-order valence-electron chi connectivity index (χ4n) is 1.27. The highest BCUT2D eigenvalue weighted by molar-refractivity contribution is 7.99. The number of ether oxygens (including phenoxy) is 1. The Morgan fingerprint density at radius 2 is 2.00 bits per heavy atom. The number of benzene rings is 1. The van der Waals surface area contributed by atoms with Crippen LogP contribution in [0.15, 0.2) is 24.3 Å². The maximum absolute atomic E-state index is 5.98. The number of thioether (sulfide) groups is 1. The Morgan fingerprint density at radius 3 is 2.69 bits per heavy atom. The third kappa shape index (κ3) is 5.66. The topological polar surface area (TPSA) is 9.23 Å². The molecule has 90 valence electrons. The second-order valence-corrected chi connectivity index (χ2v) is 6.00. The van der Waals surface area contributed by atoms with Gasteiger partial charge in [-0.05, 0) is 36.0 Å². The van der Waals surface area contributed by atoms with Crippen molar-refractivity contribution < 1.29 is 4.74 Å². The van der Waals surface area contributed by atoms with E-state index in [0.717, 1.165) is 24.0 Å². The summed E-state index contributed by atoms with van der Waals surface area (Å²) in [6, 6.07) is 7.61. The lowest BCUT2D eigenvalue weighted by atomic mass is 10.3. The van der Waals surface area contributed by atoms with Gasteiger partial charge in [-0.2, -0.15) is 11.8 Å². The fourth-order valence-corrected chi connectivity index (χ4v) is 2.30. The van der Waals surface area contributed by atoms with E-state index in [1.807, 2.05) is 36.0 Å². The van der Waals surface area contributed by atoms with Crippen LogP contribution < -0.4 is 4.74 Å². The standard InChI is InChI=1S/C13H19ClOS/c1-11(2)16-10-6-5-9-15-13-8-4-3-7-12(13)14/h3-4,7-8,11H,5-6,9-10H2,1-2H3. The minimum Gasteiger partial charge on any atom is -0.492 e. The molecule has 0 unspecified atom stereocenters. The average molecular weight is 259 g/mol. The van der Waals surface area contributed by atoms with Crippen LogP contribution in [0.4, 0.5) is 0 Å². The van der Waals surface area contributed by atoms with Crippen molar-refractivity contribution in [2.24, 2.45) is 0 Å². The quantitative estimate of drug-likeness (QED) is 0.659. The molecule has 0 fully saturated rings. The largest absolute Gasteiger partial charge is 0.492 e. The molecule has 0 N–H and O–H groups in total. The van der Waals surface area contributed by atoms with E-state index >= 15 is 0 Å². The molecule has 0 bridgehead atoms. The van der Waals surface area contributed by atoms with Crippen LogP contribution in [-0.4, -0.2) is 17.6 Å². The Hall–Kier alpha value is -0.340. The molecule has 1 aromatic carbocycles. The number of para-hydroxylation sites is 1. The fraction of sp³-hybridized carbons (Fsp3) is 0.538. The maximum atomic E-state index is 5.98. The first-order valence-corrected chi connectivity index (χ1v) is 7.11. The van der Waals surface area contributed by atoms with E-state index in [-0.39, 0.29) is 0 Å². The molecule has 0 atom stereocenters. The predicted octanol–water partition coefficient (Wildman–Crippen LogP) is 4.64. The average Bonchev–Trinajstić information content (AvgIpc) is 2.25. The molecule has 0 saturated carbocycles. The van der Waals surface area contributed by atoms with Crippen molar-refractivity contribution in [3.05, 3.63) is 29.3 Å². The first kappa shape index (κ1) is 13.7. The van der Waals surface area contributed by atoms with Crippen LogP contribution in [-0.2, 0) is 0 Å². The van der Waals surface area contributed by atoms with Gasteiger partial charge in [0.1, 0.15) is 5.75 Å². The van der Waals surface area contributed by atoms with Crippen molar-refractivity contribution in [2.75, 3.05) is 12.4 Å². The summed E-state index contributed by atoms with van der Waals surface area (Å²) in [4.78, 5) is 0. The summed E-state index contributed by atoms with van der Waals surface area (Å²) in [6.45, 7) is 5.21. The van der Waals surface area contributed by atoms with Gasteiger partial charge in [0, 0.05) is 0 Å². The maximum Gasteiger partial charge on any atom is 0.137 e. The van der Waals surface area contributed by atoms with Gasteiger partial charge < -0.3 is 4.74 Å². The van der Waals surface area contributed by atoms with Crippen molar-refractivity contribution >= 4 is 23.4 Å². The molecule has 0 spiro atoms. The van der Waals surface area contributed by atoms with E-state index < -0.39 is 0 Å². The highest BCUT2D eigenvalue weighted by Gasteiger charge is 1.99. The molecular formula is C13H19ClOS. The van der Waals surface area contributed by atoms with Crippen LogP contribution in [0.1, 0.15) is 26.7 Å². The van der Waals surface area contributed by atoms with Gasteiger partial charge in [-0.25, -0.2) is 0 Å². The van der Waals surface area contributed by atoms with E-state index in [1.54, 1.807) is 0 Å². The lowest BCUT2D eigenvalue weighted by Crippen LogP contribution is -1.99. The van der Waals surface area contributed by atoms with E-state index in [0.29, 0.717) is 5.02 Å². The minimum atomic E-state index is 0.694. The van der Waals surface area contributed by atoms with Gasteiger partial charge in [0.05, 0.1) is 11.6 Å². The third-order valence-electron chi connectivity index (χ3n) is 2.08. The lowest BCUT2D eigenvalue weighted by molar-refractivity contribution is 0.310. The van der Waals surface area contributed by atoms with Gasteiger partial charge in [-0.15, -0.1) is 0 Å². The van der Waals surface area contributed by atoms with Gasteiger partial charge >= 0.3 is 0 Å². The van der Waals surface area contributed by atoms with Gasteiger partial charge in [0.15, 0.2) is 0 Å². The monoisotopic (exact) mass is 258 g/mol. The minimum absolute atomic E-state index is 0.694. The summed E-state index contributed by atoms with van der Waals surface area (Å²) in [6.07, 6.45) is 2.29. The van der Waals surface area contributed by atoms with E-state index in [9.17, 15) is 0 Å². The number of rotatable bonds is 7. The molecule has 1 rings (SSSR count). The molecule has 3 heteroatoms. The van der Waals surface area contributed by atoms with Crippen LogP contribution >= 0.6 is 23.4 Å². The zero-order valence-electron chi connectivity index (χ0n) is 9.91.